The topological polar surface area (TPSA) is 60.3 Å². The summed E-state index contributed by atoms with van der Waals surface area (Å²) < 4.78 is 7.30. The number of hydrogen-bond acceptors (Lipinski definition) is 5. The van der Waals surface area contributed by atoms with Gasteiger partial charge in [0.05, 0.1) is 7.11 Å². The van der Waals surface area contributed by atoms with E-state index in [4.69, 9.17) is 4.74 Å². The maximum atomic E-state index is 13.1. The molecule has 1 amide bonds. The molecule has 0 unspecified atom stereocenters. The Hall–Kier alpha value is -3.58. The number of methoxy groups -OCH3 is 1. The molecule has 0 aliphatic carbocycles. The highest BCUT2D eigenvalue weighted by Crippen LogP contribution is 2.38. The fraction of sp³-hybridized carbons (Fsp3) is 0.192. The molecule has 0 saturated carbocycles. The number of hydrogen-bond donors (Lipinski definition) is 0. The highest BCUT2D eigenvalue weighted by atomic mass is 32.2. The predicted molar refractivity (Wildman–Crippen MR) is 132 cm³/mol. The Morgan fingerprint density at radius 1 is 0.939 bits per heavy atom. The molecule has 0 radical (unpaired) electrons. The molecule has 33 heavy (non-hydrogen) atoms. The van der Waals surface area contributed by atoms with Crippen LogP contribution >= 0.6 is 11.8 Å². The first-order valence-electron chi connectivity index (χ1n) is 10.6. The second-order valence-corrected chi connectivity index (χ2v) is 8.92. The number of amides is 1. The second kappa shape index (κ2) is 9.92. The van der Waals surface area contributed by atoms with E-state index in [9.17, 15) is 4.79 Å². The lowest BCUT2D eigenvalue weighted by Gasteiger charge is -2.20. The van der Waals surface area contributed by atoms with Crippen molar-refractivity contribution in [3.8, 4) is 22.8 Å². The van der Waals surface area contributed by atoms with E-state index in [2.05, 4.69) is 29.3 Å². The normalized spacial score (nSPS) is 11.8. The summed E-state index contributed by atoms with van der Waals surface area (Å²) in [4.78, 5) is 14.7. The lowest BCUT2D eigenvalue weighted by atomic mass is 10.1. The minimum Gasteiger partial charge on any atom is -0.497 e. The zero-order valence-corrected chi connectivity index (χ0v) is 19.9. The van der Waals surface area contributed by atoms with Crippen LogP contribution in [0, 0.1) is 6.92 Å². The van der Waals surface area contributed by atoms with Gasteiger partial charge in [0.25, 0.3) is 0 Å². The molecule has 168 valence electrons. The molecule has 1 heterocycles. The van der Waals surface area contributed by atoms with E-state index in [0.29, 0.717) is 11.0 Å². The number of ether oxygens (including phenoxy) is 1. The number of rotatable bonds is 7. The van der Waals surface area contributed by atoms with Gasteiger partial charge in [-0.05, 0) is 48.9 Å². The number of aryl methyl sites for hydroxylation is 1. The van der Waals surface area contributed by atoms with E-state index >= 15 is 0 Å². The number of benzene rings is 3. The summed E-state index contributed by atoms with van der Waals surface area (Å²) in [5.74, 6) is 1.47. The van der Waals surface area contributed by atoms with Crippen molar-refractivity contribution in [1.29, 1.82) is 0 Å². The van der Waals surface area contributed by atoms with Crippen LogP contribution in [0.4, 0.5) is 0 Å². The molecule has 0 N–H and O–H groups in total. The van der Waals surface area contributed by atoms with Crippen molar-refractivity contribution in [2.24, 2.45) is 0 Å². The van der Waals surface area contributed by atoms with Crippen molar-refractivity contribution in [1.82, 2.24) is 19.7 Å². The van der Waals surface area contributed by atoms with Crippen molar-refractivity contribution in [3.63, 3.8) is 0 Å². The Kier molecular flexibility index (Phi) is 6.79. The molecule has 0 aliphatic rings. The molecule has 1 aromatic heterocycles. The highest BCUT2D eigenvalue weighted by Gasteiger charge is 2.27. The standard InChI is InChI=1S/C26H26N4O2S/c1-18-10-14-21(15-11-18)30-24(20-12-16-22(32-4)17-13-20)27-28-26(30)33-23(25(31)29(2)3)19-8-6-5-7-9-19/h5-17,23H,1-4H3/t23-/m1/s1. The van der Waals surface area contributed by atoms with Gasteiger partial charge in [0.2, 0.25) is 5.91 Å². The average molecular weight is 459 g/mol. The summed E-state index contributed by atoms with van der Waals surface area (Å²) in [5.41, 5.74) is 3.93. The van der Waals surface area contributed by atoms with Crippen LogP contribution in [0.5, 0.6) is 5.75 Å². The molecule has 0 saturated heterocycles. The van der Waals surface area contributed by atoms with Gasteiger partial charge in [-0.2, -0.15) is 0 Å². The van der Waals surface area contributed by atoms with Gasteiger partial charge in [-0.1, -0.05) is 59.8 Å². The monoisotopic (exact) mass is 458 g/mol. The van der Waals surface area contributed by atoms with E-state index < -0.39 is 5.25 Å². The number of carbonyl (C=O) groups is 1. The third-order valence-electron chi connectivity index (χ3n) is 5.26. The molecule has 4 aromatic rings. The molecule has 1 atom stereocenters. The number of likely N-dealkylation sites (N-methyl/N-ethyl adjacent to an activating group) is 1. The molecule has 0 aliphatic heterocycles. The van der Waals surface area contributed by atoms with Crippen LogP contribution < -0.4 is 4.74 Å². The Morgan fingerprint density at radius 3 is 2.21 bits per heavy atom. The molecule has 7 heteroatoms. The maximum Gasteiger partial charge on any atom is 0.240 e. The van der Waals surface area contributed by atoms with Crippen LogP contribution in [0.25, 0.3) is 17.1 Å². The van der Waals surface area contributed by atoms with Crippen LogP contribution in [-0.4, -0.2) is 46.8 Å². The average Bonchev–Trinajstić information content (AvgIpc) is 3.26. The number of thioether (sulfide) groups is 1. The van der Waals surface area contributed by atoms with Crippen molar-refractivity contribution >= 4 is 17.7 Å². The van der Waals surface area contributed by atoms with E-state index in [1.54, 1.807) is 26.1 Å². The fourth-order valence-corrected chi connectivity index (χ4v) is 4.63. The molecular weight excluding hydrogens is 432 g/mol. The summed E-state index contributed by atoms with van der Waals surface area (Å²) in [5, 5.41) is 9.23. The number of aromatic nitrogens is 3. The van der Waals surface area contributed by atoms with E-state index in [-0.39, 0.29) is 5.91 Å². The highest BCUT2D eigenvalue weighted by molar-refractivity contribution is 8.00. The van der Waals surface area contributed by atoms with E-state index in [1.807, 2.05) is 71.3 Å². The lowest BCUT2D eigenvalue weighted by Crippen LogP contribution is -2.27. The van der Waals surface area contributed by atoms with Gasteiger partial charge < -0.3 is 9.64 Å². The Labute approximate surface area is 198 Å². The minimum absolute atomic E-state index is 0.00402. The third-order valence-corrected chi connectivity index (χ3v) is 6.45. The summed E-state index contributed by atoms with van der Waals surface area (Å²) in [6, 6.07) is 25.7. The largest absolute Gasteiger partial charge is 0.497 e. The van der Waals surface area contributed by atoms with E-state index in [0.717, 1.165) is 28.1 Å². The fourth-order valence-electron chi connectivity index (χ4n) is 3.43. The first-order chi connectivity index (χ1) is 16.0. The lowest BCUT2D eigenvalue weighted by molar-refractivity contribution is -0.128. The van der Waals surface area contributed by atoms with Gasteiger partial charge in [0.1, 0.15) is 11.0 Å². The van der Waals surface area contributed by atoms with Crippen molar-refractivity contribution in [3.05, 3.63) is 90.0 Å². The zero-order chi connectivity index (χ0) is 23.4. The summed E-state index contributed by atoms with van der Waals surface area (Å²) in [6.45, 7) is 2.05. The van der Waals surface area contributed by atoms with Crippen LogP contribution in [0.2, 0.25) is 0 Å². The van der Waals surface area contributed by atoms with Gasteiger partial charge in [0, 0.05) is 25.3 Å². The molecule has 0 bridgehead atoms. The molecular formula is C26H26N4O2S. The van der Waals surface area contributed by atoms with Crippen molar-refractivity contribution in [2.45, 2.75) is 17.3 Å². The summed E-state index contributed by atoms with van der Waals surface area (Å²) in [7, 11) is 5.18. The van der Waals surface area contributed by atoms with Gasteiger partial charge in [0.15, 0.2) is 11.0 Å². The zero-order valence-electron chi connectivity index (χ0n) is 19.1. The molecule has 4 rings (SSSR count). The molecule has 0 fully saturated rings. The van der Waals surface area contributed by atoms with Crippen molar-refractivity contribution in [2.75, 3.05) is 21.2 Å². The van der Waals surface area contributed by atoms with E-state index in [1.165, 1.54) is 11.8 Å². The molecule has 0 spiro atoms. The maximum absolute atomic E-state index is 13.1. The smallest absolute Gasteiger partial charge is 0.240 e. The molecule has 3 aromatic carbocycles. The first-order valence-corrected chi connectivity index (χ1v) is 11.5. The molecule has 6 nitrogen and oxygen atoms in total. The van der Waals surface area contributed by atoms with Gasteiger partial charge in [-0.15, -0.1) is 10.2 Å². The Bertz CT molecular complexity index is 1220. The number of nitrogens with zero attached hydrogens (tertiary/aromatic N) is 4. The Morgan fingerprint density at radius 2 is 1.61 bits per heavy atom. The second-order valence-electron chi connectivity index (χ2n) is 7.85. The summed E-state index contributed by atoms with van der Waals surface area (Å²) in [6.07, 6.45) is 0. The van der Waals surface area contributed by atoms with Crippen LogP contribution in [0.1, 0.15) is 16.4 Å². The van der Waals surface area contributed by atoms with Gasteiger partial charge >= 0.3 is 0 Å². The van der Waals surface area contributed by atoms with Crippen LogP contribution in [0.3, 0.4) is 0 Å². The SMILES string of the molecule is COc1ccc(-c2nnc(S[C@@H](C(=O)N(C)C)c3ccccc3)n2-c2ccc(C)cc2)cc1. The predicted octanol–water partition coefficient (Wildman–Crippen LogP) is 5.17. The summed E-state index contributed by atoms with van der Waals surface area (Å²) >= 11 is 1.40. The van der Waals surface area contributed by atoms with Crippen LogP contribution in [-0.2, 0) is 4.79 Å². The quantitative estimate of drug-likeness (QED) is 0.358. The Balaban J connectivity index is 1.82. The van der Waals surface area contributed by atoms with Crippen LogP contribution in [0.15, 0.2) is 84.0 Å². The minimum atomic E-state index is -0.446. The van der Waals surface area contributed by atoms with Gasteiger partial charge in [-0.25, -0.2) is 0 Å². The number of carbonyl (C=O) groups excluding carboxylic acids is 1. The first kappa shape index (κ1) is 22.6. The van der Waals surface area contributed by atoms with Crippen molar-refractivity contribution < 1.29 is 9.53 Å². The van der Waals surface area contributed by atoms with Gasteiger partial charge in [-0.3, -0.25) is 9.36 Å². The third kappa shape index (κ3) is 4.93.